The van der Waals surface area contributed by atoms with Crippen molar-refractivity contribution in [1.82, 2.24) is 19.8 Å². The predicted molar refractivity (Wildman–Crippen MR) is 137 cm³/mol. The number of imidazole rings is 1. The third kappa shape index (κ3) is 4.03. The first-order valence-corrected chi connectivity index (χ1v) is 12.4. The summed E-state index contributed by atoms with van der Waals surface area (Å²) < 4.78 is 47.1. The van der Waals surface area contributed by atoms with Gasteiger partial charge < -0.3 is 24.4 Å². The van der Waals surface area contributed by atoms with Crippen LogP contribution in [0.25, 0.3) is 11.8 Å². The van der Waals surface area contributed by atoms with Gasteiger partial charge in [0.15, 0.2) is 5.84 Å². The Balaban J connectivity index is 1.35. The van der Waals surface area contributed by atoms with Gasteiger partial charge in [-0.1, -0.05) is 23.4 Å². The molecule has 2 saturated heterocycles. The molecule has 0 saturated carbocycles. The number of oxime groups is 1. The minimum Gasteiger partial charge on any atom is -0.495 e. The fourth-order valence-electron chi connectivity index (χ4n) is 5.52. The molecule has 1 atom stereocenters. The lowest BCUT2D eigenvalue weighted by molar-refractivity contribution is -0.137. The number of halogens is 3. The van der Waals surface area contributed by atoms with E-state index in [0.29, 0.717) is 23.7 Å². The van der Waals surface area contributed by atoms with E-state index in [1.54, 1.807) is 13.4 Å². The topological polar surface area (TPSA) is 63.9 Å². The Morgan fingerprint density at radius 3 is 2.50 bits per heavy atom. The van der Waals surface area contributed by atoms with Crippen molar-refractivity contribution in [3.8, 4) is 11.4 Å². The number of benzene rings is 2. The van der Waals surface area contributed by atoms with Crippen molar-refractivity contribution in [2.75, 3.05) is 26.7 Å². The summed E-state index contributed by atoms with van der Waals surface area (Å²) in [4.78, 5) is 12.4. The number of alkyl halides is 3. The molecule has 0 bridgehead atoms. The molecule has 0 amide bonds. The number of nitrogens with one attached hydrogen (secondary N) is 1. The van der Waals surface area contributed by atoms with Gasteiger partial charge in [0.25, 0.3) is 0 Å². The van der Waals surface area contributed by atoms with Gasteiger partial charge in [-0.05, 0) is 54.8 Å². The van der Waals surface area contributed by atoms with Crippen LogP contribution in [0.1, 0.15) is 35.7 Å². The summed E-state index contributed by atoms with van der Waals surface area (Å²) in [6.07, 6.45) is 2.21. The number of aryl methyl sites for hydroxylation is 1. The molecule has 4 heterocycles. The molecule has 38 heavy (non-hydrogen) atoms. The third-order valence-corrected chi connectivity index (χ3v) is 7.71. The molecular weight excluding hydrogens is 495 g/mol. The van der Waals surface area contributed by atoms with Crippen molar-refractivity contribution in [3.63, 3.8) is 0 Å². The standard InChI is InChI=1S/C28H28F3N5O2/c1-18-13-35(17-33-18)23-9-4-19(11-24(23)37-3)10-20-12-27(14-32-15-27)16-36-25(20)34-38-26(36,2)21-5-7-22(8-6-21)28(29,30)31/h4-11,13,17,32H,12,14-16H2,1-3H3. The van der Waals surface area contributed by atoms with Crippen molar-refractivity contribution in [2.24, 2.45) is 10.6 Å². The number of rotatable bonds is 4. The Bertz CT molecular complexity index is 1440. The molecule has 10 heteroatoms. The van der Waals surface area contributed by atoms with Crippen LogP contribution in [0.5, 0.6) is 5.75 Å². The first-order valence-electron chi connectivity index (χ1n) is 12.4. The summed E-state index contributed by atoms with van der Waals surface area (Å²) in [5, 5.41) is 7.84. The molecule has 0 radical (unpaired) electrons. The maximum Gasteiger partial charge on any atom is 0.416 e. The highest BCUT2D eigenvalue weighted by atomic mass is 19.4. The van der Waals surface area contributed by atoms with Crippen molar-refractivity contribution in [3.05, 3.63) is 82.9 Å². The van der Waals surface area contributed by atoms with Crippen LogP contribution in [0.3, 0.4) is 0 Å². The van der Waals surface area contributed by atoms with E-state index < -0.39 is 17.5 Å². The summed E-state index contributed by atoms with van der Waals surface area (Å²) in [6, 6.07) is 11.1. The van der Waals surface area contributed by atoms with Gasteiger partial charge >= 0.3 is 6.18 Å². The lowest BCUT2D eigenvalue weighted by atomic mass is 9.72. The van der Waals surface area contributed by atoms with Crippen LogP contribution in [0.4, 0.5) is 13.2 Å². The Labute approximate surface area is 218 Å². The second kappa shape index (κ2) is 8.62. The lowest BCUT2D eigenvalue weighted by Crippen LogP contribution is -2.64. The van der Waals surface area contributed by atoms with E-state index in [1.165, 1.54) is 12.1 Å². The lowest BCUT2D eigenvalue weighted by Gasteiger charge is -2.52. The predicted octanol–water partition coefficient (Wildman–Crippen LogP) is 5.10. The molecule has 6 rings (SSSR count). The second-order valence-electron chi connectivity index (χ2n) is 10.5. The molecule has 7 nitrogen and oxygen atoms in total. The highest BCUT2D eigenvalue weighted by molar-refractivity contribution is 6.04. The summed E-state index contributed by atoms with van der Waals surface area (Å²) >= 11 is 0. The molecule has 3 aliphatic heterocycles. The number of piperidine rings is 1. The molecular formula is C28H28F3N5O2. The highest BCUT2D eigenvalue weighted by Crippen LogP contribution is 2.47. The average Bonchev–Trinajstić information content (AvgIpc) is 3.46. The van der Waals surface area contributed by atoms with E-state index in [0.717, 1.165) is 54.2 Å². The summed E-state index contributed by atoms with van der Waals surface area (Å²) in [5.41, 5.74) is 2.67. The SMILES string of the molecule is COc1cc(C=C2CC3(CNC3)CN3C2=NOC3(C)c2ccc(C(F)(F)F)cc2)ccc1-n1cnc(C)c1. The van der Waals surface area contributed by atoms with Gasteiger partial charge in [-0.25, -0.2) is 4.98 Å². The molecule has 1 spiro atoms. The number of hydrogen-bond donors (Lipinski definition) is 1. The Morgan fingerprint density at radius 1 is 1.13 bits per heavy atom. The molecule has 0 aliphatic carbocycles. The van der Waals surface area contributed by atoms with E-state index in [-0.39, 0.29) is 5.41 Å². The largest absolute Gasteiger partial charge is 0.495 e. The van der Waals surface area contributed by atoms with E-state index in [4.69, 9.17) is 9.57 Å². The number of hydrogen-bond acceptors (Lipinski definition) is 6. The molecule has 2 fully saturated rings. The van der Waals surface area contributed by atoms with Crippen molar-refractivity contribution < 1.29 is 22.7 Å². The molecule has 198 valence electrons. The number of ether oxygens (including phenoxy) is 1. The van der Waals surface area contributed by atoms with Gasteiger partial charge in [-0.2, -0.15) is 13.2 Å². The van der Waals surface area contributed by atoms with Crippen LogP contribution >= 0.6 is 0 Å². The van der Waals surface area contributed by atoms with Crippen LogP contribution in [0.15, 0.2) is 65.7 Å². The molecule has 1 aromatic heterocycles. The Hall–Kier alpha value is -3.79. The average molecular weight is 524 g/mol. The Morgan fingerprint density at radius 2 is 1.89 bits per heavy atom. The minimum absolute atomic E-state index is 0.00983. The zero-order valence-electron chi connectivity index (χ0n) is 21.3. The van der Waals surface area contributed by atoms with Gasteiger partial charge in [0.2, 0.25) is 5.72 Å². The van der Waals surface area contributed by atoms with Crippen LogP contribution in [0.2, 0.25) is 0 Å². The monoisotopic (exact) mass is 523 g/mol. The van der Waals surface area contributed by atoms with Crippen LogP contribution in [-0.4, -0.2) is 47.0 Å². The smallest absolute Gasteiger partial charge is 0.416 e. The molecule has 3 aromatic rings. The van der Waals surface area contributed by atoms with Gasteiger partial charge in [0.05, 0.1) is 30.4 Å². The van der Waals surface area contributed by atoms with E-state index in [2.05, 4.69) is 26.4 Å². The van der Waals surface area contributed by atoms with Crippen molar-refractivity contribution >= 4 is 11.9 Å². The molecule has 1 unspecified atom stereocenters. The van der Waals surface area contributed by atoms with Gasteiger partial charge in [-0.15, -0.1) is 0 Å². The summed E-state index contributed by atoms with van der Waals surface area (Å²) in [5.74, 6) is 1.42. The van der Waals surface area contributed by atoms with E-state index in [1.807, 2.05) is 42.8 Å². The summed E-state index contributed by atoms with van der Waals surface area (Å²) in [7, 11) is 1.64. The van der Waals surface area contributed by atoms with Gasteiger partial charge in [-0.3, -0.25) is 0 Å². The number of methoxy groups -OCH3 is 1. The first-order chi connectivity index (χ1) is 18.1. The number of fused-ring (bicyclic) bond motifs is 1. The van der Waals surface area contributed by atoms with E-state index >= 15 is 0 Å². The fourth-order valence-corrected chi connectivity index (χ4v) is 5.52. The maximum atomic E-state index is 13.2. The van der Waals surface area contributed by atoms with E-state index in [9.17, 15) is 13.2 Å². The number of nitrogens with zero attached hydrogens (tertiary/aromatic N) is 4. The molecule has 1 N–H and O–H groups in total. The Kier molecular flexibility index (Phi) is 5.57. The number of amidine groups is 1. The third-order valence-electron chi connectivity index (χ3n) is 7.71. The second-order valence-corrected chi connectivity index (χ2v) is 10.5. The minimum atomic E-state index is -4.40. The van der Waals surface area contributed by atoms with Crippen molar-refractivity contribution in [2.45, 2.75) is 32.2 Å². The highest BCUT2D eigenvalue weighted by Gasteiger charge is 2.54. The quantitative estimate of drug-likeness (QED) is 0.516. The first kappa shape index (κ1) is 24.5. The van der Waals surface area contributed by atoms with Crippen LogP contribution < -0.4 is 10.1 Å². The zero-order valence-corrected chi connectivity index (χ0v) is 21.3. The van der Waals surface area contributed by atoms with Crippen LogP contribution in [-0.2, 0) is 16.7 Å². The normalized spacial score (nSPS) is 23.2. The number of aromatic nitrogens is 2. The molecule has 3 aliphatic rings. The van der Waals surface area contributed by atoms with Crippen molar-refractivity contribution in [1.29, 1.82) is 0 Å². The summed E-state index contributed by atoms with van der Waals surface area (Å²) in [6.45, 7) is 6.18. The molecule has 2 aromatic carbocycles. The van der Waals surface area contributed by atoms with Gasteiger partial charge in [0.1, 0.15) is 5.75 Å². The fraction of sp³-hybridized carbons (Fsp3) is 0.357. The van der Waals surface area contributed by atoms with Crippen LogP contribution in [0, 0.1) is 12.3 Å². The van der Waals surface area contributed by atoms with Gasteiger partial charge in [0, 0.05) is 43.7 Å². The maximum absolute atomic E-state index is 13.2. The zero-order chi connectivity index (χ0) is 26.7.